The Morgan fingerprint density at radius 1 is 1.10 bits per heavy atom. The van der Waals surface area contributed by atoms with Gasteiger partial charge < -0.3 is 19.7 Å². The van der Waals surface area contributed by atoms with Crippen LogP contribution in [-0.4, -0.2) is 58.4 Å². The number of para-hydroxylation sites is 1. The van der Waals surface area contributed by atoms with Gasteiger partial charge in [0.05, 0.1) is 37.2 Å². The first-order chi connectivity index (χ1) is 19.0. The average Bonchev–Trinajstić information content (AvgIpc) is 3.53. The molecule has 1 N–H and O–H groups in total. The van der Waals surface area contributed by atoms with Crippen LogP contribution < -0.4 is 15.0 Å². The van der Waals surface area contributed by atoms with Crippen LogP contribution in [0.3, 0.4) is 0 Å². The molecule has 1 amide bonds. The van der Waals surface area contributed by atoms with Crippen molar-refractivity contribution in [3.63, 3.8) is 0 Å². The maximum atomic E-state index is 13.1. The Hall–Kier alpha value is -4.86. The van der Waals surface area contributed by atoms with Crippen LogP contribution >= 0.6 is 0 Å². The van der Waals surface area contributed by atoms with E-state index in [-0.39, 0.29) is 11.9 Å². The Bertz CT molecular complexity index is 1700. The van der Waals surface area contributed by atoms with E-state index < -0.39 is 5.97 Å². The number of hydrogen-bond donors (Lipinski definition) is 1. The Balaban J connectivity index is 1.50. The lowest BCUT2D eigenvalue weighted by Gasteiger charge is -2.21. The second-order valence-corrected chi connectivity index (χ2v) is 9.64. The molecular formula is C29H28N6O4. The van der Waals surface area contributed by atoms with Crippen molar-refractivity contribution in [2.75, 3.05) is 26.2 Å². The lowest BCUT2D eigenvalue weighted by molar-refractivity contribution is 0.0602. The molecule has 5 aromatic rings. The van der Waals surface area contributed by atoms with Crippen molar-refractivity contribution in [1.82, 2.24) is 24.5 Å². The summed E-state index contributed by atoms with van der Waals surface area (Å²) in [5.74, 6) is 0.667. The summed E-state index contributed by atoms with van der Waals surface area (Å²) in [5.41, 5.74) is 3.98. The maximum absolute atomic E-state index is 13.1. The van der Waals surface area contributed by atoms with E-state index in [4.69, 9.17) is 14.6 Å². The Kier molecular flexibility index (Phi) is 6.14. The normalized spacial score (nSPS) is 13.0. The van der Waals surface area contributed by atoms with Gasteiger partial charge in [0.15, 0.2) is 17.2 Å². The van der Waals surface area contributed by atoms with E-state index in [1.165, 1.54) is 7.11 Å². The first kappa shape index (κ1) is 24.5. The number of carbonyl (C=O) groups excluding carboxylic acids is 2. The number of imidazole rings is 1. The number of fused-ring (bicyclic) bond motifs is 2. The number of methoxy groups -OCH3 is 2. The molecule has 0 saturated heterocycles. The SMILES string of the molecule is COC(=O)c1cn(-c2cc(N(C)Cc3ccc(OC)cc3)c3ncc(C(=O)NC4CC4)n3n2)c2ccccc12. The fourth-order valence-corrected chi connectivity index (χ4v) is 4.71. The quantitative estimate of drug-likeness (QED) is 0.306. The highest BCUT2D eigenvalue weighted by atomic mass is 16.5. The number of hydrogen-bond acceptors (Lipinski definition) is 7. The monoisotopic (exact) mass is 524 g/mol. The molecule has 3 heterocycles. The van der Waals surface area contributed by atoms with Crippen LogP contribution in [0.15, 0.2) is 67.0 Å². The minimum atomic E-state index is -0.435. The highest BCUT2D eigenvalue weighted by Crippen LogP contribution is 2.29. The van der Waals surface area contributed by atoms with Crippen LogP contribution in [0.4, 0.5) is 5.69 Å². The summed E-state index contributed by atoms with van der Waals surface area (Å²) < 4.78 is 13.7. The molecule has 1 aliphatic rings. The number of carbonyl (C=O) groups is 2. The number of rotatable bonds is 8. The van der Waals surface area contributed by atoms with Crippen molar-refractivity contribution in [3.05, 3.63) is 83.8 Å². The molecule has 39 heavy (non-hydrogen) atoms. The Labute approximate surface area is 224 Å². The molecule has 10 nitrogen and oxygen atoms in total. The van der Waals surface area contributed by atoms with Gasteiger partial charge in [-0.15, -0.1) is 5.10 Å². The summed E-state index contributed by atoms with van der Waals surface area (Å²) in [4.78, 5) is 32.3. The van der Waals surface area contributed by atoms with E-state index in [1.807, 2.05) is 66.2 Å². The highest BCUT2D eigenvalue weighted by Gasteiger charge is 2.27. The van der Waals surface area contributed by atoms with Gasteiger partial charge in [-0.2, -0.15) is 0 Å². The molecule has 0 bridgehead atoms. The lowest BCUT2D eigenvalue weighted by atomic mass is 10.2. The fourth-order valence-electron chi connectivity index (χ4n) is 4.71. The predicted molar refractivity (Wildman–Crippen MR) is 147 cm³/mol. The van der Waals surface area contributed by atoms with E-state index in [9.17, 15) is 9.59 Å². The Morgan fingerprint density at radius 3 is 2.59 bits per heavy atom. The molecule has 0 spiro atoms. The molecule has 1 saturated carbocycles. The number of anilines is 1. The van der Waals surface area contributed by atoms with Gasteiger partial charge in [-0.25, -0.2) is 14.3 Å². The molecule has 0 unspecified atom stereocenters. The first-order valence-corrected chi connectivity index (χ1v) is 12.7. The number of benzene rings is 2. The van der Waals surface area contributed by atoms with E-state index in [1.54, 1.807) is 24.0 Å². The minimum Gasteiger partial charge on any atom is -0.497 e. The molecule has 3 aromatic heterocycles. The van der Waals surface area contributed by atoms with Crippen LogP contribution in [0.5, 0.6) is 5.75 Å². The van der Waals surface area contributed by atoms with Crippen LogP contribution in [0, 0.1) is 0 Å². The first-order valence-electron chi connectivity index (χ1n) is 12.7. The number of aromatic nitrogens is 4. The second-order valence-electron chi connectivity index (χ2n) is 9.64. The highest BCUT2D eigenvalue weighted by molar-refractivity contribution is 6.05. The molecule has 0 aliphatic heterocycles. The average molecular weight is 525 g/mol. The van der Waals surface area contributed by atoms with Crippen molar-refractivity contribution < 1.29 is 19.1 Å². The largest absolute Gasteiger partial charge is 0.497 e. The van der Waals surface area contributed by atoms with Crippen LogP contribution in [-0.2, 0) is 11.3 Å². The molecule has 10 heteroatoms. The molecule has 0 radical (unpaired) electrons. The molecule has 1 fully saturated rings. The number of nitrogens with one attached hydrogen (secondary N) is 1. The van der Waals surface area contributed by atoms with Crippen molar-refractivity contribution >= 4 is 34.1 Å². The number of amides is 1. The number of ether oxygens (including phenoxy) is 2. The van der Waals surface area contributed by atoms with Gasteiger partial charge in [0, 0.05) is 37.3 Å². The molecule has 1 aliphatic carbocycles. The molecule has 198 valence electrons. The minimum absolute atomic E-state index is 0.194. The lowest BCUT2D eigenvalue weighted by Crippen LogP contribution is -2.27. The third-order valence-electron chi connectivity index (χ3n) is 6.93. The van der Waals surface area contributed by atoms with Gasteiger partial charge in [-0.3, -0.25) is 9.36 Å². The van der Waals surface area contributed by atoms with Gasteiger partial charge in [0.2, 0.25) is 0 Å². The van der Waals surface area contributed by atoms with E-state index in [0.717, 1.165) is 40.7 Å². The second kappa shape index (κ2) is 9.79. The topological polar surface area (TPSA) is 103 Å². The predicted octanol–water partition coefficient (Wildman–Crippen LogP) is 4.00. The molecule has 2 aromatic carbocycles. The summed E-state index contributed by atoms with van der Waals surface area (Å²) in [6.07, 6.45) is 5.23. The van der Waals surface area contributed by atoms with Crippen LogP contribution in [0.1, 0.15) is 39.3 Å². The van der Waals surface area contributed by atoms with Crippen molar-refractivity contribution in [1.29, 1.82) is 0 Å². The number of nitrogens with zero attached hydrogens (tertiary/aromatic N) is 5. The fraction of sp³-hybridized carbons (Fsp3) is 0.241. The zero-order valence-corrected chi connectivity index (χ0v) is 21.9. The van der Waals surface area contributed by atoms with Crippen molar-refractivity contribution in [2.24, 2.45) is 0 Å². The third kappa shape index (κ3) is 4.54. The summed E-state index contributed by atoms with van der Waals surface area (Å²) in [5, 5.41) is 8.61. The van der Waals surface area contributed by atoms with Gasteiger partial charge in [0.25, 0.3) is 5.91 Å². The van der Waals surface area contributed by atoms with Gasteiger partial charge >= 0.3 is 5.97 Å². The summed E-state index contributed by atoms with van der Waals surface area (Å²) >= 11 is 0. The molecule has 0 atom stereocenters. The summed E-state index contributed by atoms with van der Waals surface area (Å²) in [6, 6.07) is 17.6. The van der Waals surface area contributed by atoms with E-state index in [2.05, 4.69) is 15.2 Å². The zero-order valence-electron chi connectivity index (χ0n) is 21.9. The smallest absolute Gasteiger partial charge is 0.340 e. The van der Waals surface area contributed by atoms with E-state index in [0.29, 0.717) is 29.3 Å². The molecule has 6 rings (SSSR count). The van der Waals surface area contributed by atoms with Gasteiger partial charge in [-0.05, 0) is 36.6 Å². The van der Waals surface area contributed by atoms with Crippen molar-refractivity contribution in [3.8, 4) is 11.6 Å². The van der Waals surface area contributed by atoms with Crippen molar-refractivity contribution in [2.45, 2.75) is 25.4 Å². The number of esters is 1. The third-order valence-corrected chi connectivity index (χ3v) is 6.93. The molecular weight excluding hydrogens is 496 g/mol. The van der Waals surface area contributed by atoms with E-state index >= 15 is 0 Å². The summed E-state index contributed by atoms with van der Waals surface area (Å²) in [6.45, 7) is 0.583. The van der Waals surface area contributed by atoms with Crippen LogP contribution in [0.2, 0.25) is 0 Å². The Morgan fingerprint density at radius 2 is 1.87 bits per heavy atom. The summed E-state index contributed by atoms with van der Waals surface area (Å²) in [7, 11) is 4.97. The maximum Gasteiger partial charge on any atom is 0.340 e. The standard InChI is InChI=1S/C29H28N6O4/c1-33(16-18-8-12-20(38-2)13-9-18)24-14-26(32-35-25(15-30-27(24)35)28(36)31-19-10-11-19)34-17-22(29(37)39-3)21-6-4-5-7-23(21)34/h4-9,12-15,17,19H,10-11,16H2,1-3H3,(H,31,36). The van der Waals surface area contributed by atoms with Gasteiger partial charge in [0.1, 0.15) is 5.75 Å². The van der Waals surface area contributed by atoms with Gasteiger partial charge in [-0.1, -0.05) is 30.3 Å². The van der Waals surface area contributed by atoms with Crippen LogP contribution in [0.25, 0.3) is 22.4 Å². The zero-order chi connectivity index (χ0) is 27.1.